The smallest absolute Gasteiger partial charge is 0.0647 e. The largest absolute Gasteiger partial charge is 0.142 e. The van der Waals surface area contributed by atoms with Gasteiger partial charge in [0.1, 0.15) is 22.7 Å². The Morgan fingerprint density at radius 3 is 1.67 bits per heavy atom. The molecule has 0 aromatic rings. The van der Waals surface area contributed by atoms with Gasteiger partial charge in [0.2, 0.25) is 0 Å². The van der Waals surface area contributed by atoms with E-state index in [4.69, 9.17) is 0 Å². The van der Waals surface area contributed by atoms with E-state index in [1.165, 1.54) is 19.3 Å². The quantitative estimate of drug-likeness (QED) is 0.313. The Morgan fingerprint density at radius 2 is 1.67 bits per heavy atom. The van der Waals surface area contributed by atoms with Crippen molar-refractivity contribution >= 4 is 22.6 Å². The number of halogens is 1. The van der Waals surface area contributed by atoms with E-state index in [-0.39, 0.29) is 0 Å². The average Bonchev–Trinajstić information content (AvgIpc) is 1.24. The van der Waals surface area contributed by atoms with Gasteiger partial charge >= 0.3 is 0 Å². The van der Waals surface area contributed by atoms with Crippen LogP contribution >= 0.6 is 22.6 Å². The number of hydrogen-bond acceptors (Lipinski definition) is 0. The summed E-state index contributed by atoms with van der Waals surface area (Å²) >= 11 is 2.57. The Kier molecular flexibility index (Phi) is 0.446. The normalized spacial score (nSPS) is 34.5. The van der Waals surface area contributed by atoms with Crippen molar-refractivity contribution in [1.29, 1.82) is 0 Å². The first-order valence-electron chi connectivity index (χ1n) is 2.31. The minimum Gasteiger partial charge on any atom is -0.0647 e. The highest BCUT2D eigenvalue weighted by molar-refractivity contribution is 14.1. The molecule has 0 nitrogen and oxygen atoms in total. The van der Waals surface area contributed by atoms with Gasteiger partial charge in [-0.3, -0.25) is 0 Å². The molecule has 0 saturated heterocycles. The van der Waals surface area contributed by atoms with E-state index in [1.54, 1.807) is 0 Å². The zero-order valence-corrected chi connectivity index (χ0v) is 5.66. The Morgan fingerprint density at radius 1 is 1.33 bits per heavy atom. The first-order chi connectivity index (χ1) is 2.79. The molecule has 1 heteroatoms. The van der Waals surface area contributed by atoms with Crippen LogP contribution in [0.4, 0.5) is 0 Å². The predicted octanol–water partition coefficient (Wildman–Crippen LogP) is 1.93. The van der Waals surface area contributed by atoms with Crippen LogP contribution in [0.3, 0.4) is 0 Å². The summed E-state index contributed by atoms with van der Waals surface area (Å²) in [5.41, 5.74) is 0. The van der Waals surface area contributed by atoms with Gasteiger partial charge in [0, 0.05) is 0 Å². The highest BCUT2D eigenvalue weighted by Crippen LogP contribution is 2.64. The molecule has 6 heavy (non-hydrogen) atoms. The molecule has 0 heterocycles. The predicted molar refractivity (Wildman–Crippen MR) is 33.8 cm³/mol. The van der Waals surface area contributed by atoms with Gasteiger partial charge in [0.15, 0.2) is 0 Å². The molecule has 0 amide bonds. The minimum atomic E-state index is 0.799. The lowest BCUT2D eigenvalue weighted by Crippen LogP contribution is -2.51. The molecule has 2 bridgehead atoms. The van der Waals surface area contributed by atoms with E-state index in [9.17, 15) is 0 Å². The van der Waals surface area contributed by atoms with Crippen LogP contribution in [-0.2, 0) is 0 Å². The van der Waals surface area contributed by atoms with Crippen molar-refractivity contribution < 1.29 is 0 Å². The van der Waals surface area contributed by atoms with Crippen molar-refractivity contribution in [2.24, 2.45) is 0 Å². The third kappa shape index (κ3) is 0.245. The lowest BCUT2D eigenvalue weighted by molar-refractivity contribution is 0.254. The molecule has 32 valence electrons. The number of hydrogen-bond donors (Lipinski definition) is 0. The van der Waals surface area contributed by atoms with E-state index in [2.05, 4.69) is 22.6 Å². The van der Waals surface area contributed by atoms with Gasteiger partial charge in [-0.05, 0) is 0 Å². The summed E-state index contributed by atoms with van der Waals surface area (Å²) in [4.78, 5) is 0. The molecule has 0 aromatic heterocycles. The van der Waals surface area contributed by atoms with Crippen LogP contribution < -0.4 is 0 Å². The SMILES string of the molecule is IC12C[C+](C1)C2. The van der Waals surface area contributed by atoms with Crippen LogP contribution in [0.25, 0.3) is 0 Å². The third-order valence-electron chi connectivity index (χ3n) is 1.70. The van der Waals surface area contributed by atoms with Crippen molar-refractivity contribution in [1.82, 2.24) is 0 Å². The van der Waals surface area contributed by atoms with E-state index in [0.29, 0.717) is 0 Å². The van der Waals surface area contributed by atoms with Gasteiger partial charge in [-0.15, -0.1) is 0 Å². The second kappa shape index (κ2) is 0.746. The number of rotatable bonds is 0. The van der Waals surface area contributed by atoms with Crippen LogP contribution in [0, 0.1) is 5.92 Å². The molecule has 3 rings (SSSR count). The lowest BCUT2D eigenvalue weighted by Gasteiger charge is -2.45. The van der Waals surface area contributed by atoms with Gasteiger partial charge in [0.05, 0.1) is 5.92 Å². The molecule has 3 saturated carbocycles. The Labute approximate surface area is 51.4 Å². The summed E-state index contributed by atoms with van der Waals surface area (Å²) in [6.07, 6.45) is 4.36. The van der Waals surface area contributed by atoms with E-state index in [1.807, 2.05) is 5.92 Å². The fraction of sp³-hybridized carbons (Fsp3) is 0.800. The Hall–Kier alpha value is 0.600. The fourth-order valence-electron chi connectivity index (χ4n) is 1.19. The van der Waals surface area contributed by atoms with Crippen LogP contribution in [0.15, 0.2) is 0 Å². The molecule has 3 fully saturated rings. The van der Waals surface area contributed by atoms with Crippen molar-refractivity contribution in [3.63, 3.8) is 0 Å². The zero-order valence-electron chi connectivity index (χ0n) is 3.50. The monoisotopic (exact) mass is 193 g/mol. The van der Waals surface area contributed by atoms with Crippen molar-refractivity contribution in [2.45, 2.75) is 22.7 Å². The van der Waals surface area contributed by atoms with Gasteiger partial charge in [0.25, 0.3) is 0 Å². The fourth-order valence-corrected chi connectivity index (χ4v) is 2.81. The second-order valence-corrected chi connectivity index (χ2v) is 4.72. The molecule has 3 aliphatic carbocycles. The van der Waals surface area contributed by atoms with Gasteiger partial charge in [-0.2, -0.15) is 0 Å². The maximum atomic E-state index is 2.57. The van der Waals surface area contributed by atoms with Crippen LogP contribution in [0.5, 0.6) is 0 Å². The highest BCUT2D eigenvalue weighted by Gasteiger charge is 2.67. The minimum absolute atomic E-state index is 0.799. The average molecular weight is 193 g/mol. The summed E-state index contributed by atoms with van der Waals surface area (Å²) in [5, 5.41) is 0. The lowest BCUT2D eigenvalue weighted by atomic mass is 9.56. The van der Waals surface area contributed by atoms with Crippen molar-refractivity contribution in [2.75, 3.05) is 0 Å². The maximum Gasteiger partial charge on any atom is 0.142 e. The molecule has 0 aliphatic heterocycles. The topological polar surface area (TPSA) is 0 Å². The summed E-state index contributed by atoms with van der Waals surface area (Å²) < 4.78 is 0.799. The summed E-state index contributed by atoms with van der Waals surface area (Å²) in [7, 11) is 0. The first-order valence-corrected chi connectivity index (χ1v) is 3.39. The molecule has 0 spiro atoms. The number of alkyl halides is 1. The third-order valence-corrected chi connectivity index (χ3v) is 2.84. The summed E-state index contributed by atoms with van der Waals surface area (Å²) in [6.45, 7) is 0. The zero-order chi connectivity index (χ0) is 4.20. The molecule has 0 aromatic carbocycles. The molecule has 0 atom stereocenters. The van der Waals surface area contributed by atoms with Gasteiger partial charge in [-0.1, -0.05) is 22.6 Å². The summed E-state index contributed by atoms with van der Waals surface area (Å²) in [6, 6.07) is 0. The standard InChI is InChI=1S/C5H6I/c6-5-1-4(2-5)3-5/h1-3H2/q+1. The van der Waals surface area contributed by atoms with Gasteiger partial charge in [-0.25, -0.2) is 0 Å². The first kappa shape index (κ1) is 3.58. The maximum absolute atomic E-state index is 2.57. The van der Waals surface area contributed by atoms with E-state index < -0.39 is 0 Å². The van der Waals surface area contributed by atoms with Crippen molar-refractivity contribution in [3.8, 4) is 0 Å². The highest BCUT2D eigenvalue weighted by atomic mass is 127. The molecule has 3 aliphatic rings. The summed E-state index contributed by atoms with van der Waals surface area (Å²) in [5.74, 6) is 1.81. The van der Waals surface area contributed by atoms with Crippen LogP contribution in [0.2, 0.25) is 0 Å². The Bertz CT molecular complexity index is 70.9. The van der Waals surface area contributed by atoms with Crippen LogP contribution in [-0.4, -0.2) is 3.42 Å². The molecule has 0 unspecified atom stereocenters. The van der Waals surface area contributed by atoms with Crippen molar-refractivity contribution in [3.05, 3.63) is 5.92 Å². The van der Waals surface area contributed by atoms with Crippen LogP contribution in [0.1, 0.15) is 19.3 Å². The molecule has 0 N–H and O–H groups in total. The molecule has 0 radical (unpaired) electrons. The second-order valence-electron chi connectivity index (χ2n) is 2.43. The van der Waals surface area contributed by atoms with Gasteiger partial charge < -0.3 is 0 Å². The molecular weight excluding hydrogens is 187 g/mol. The molecular formula is C5H6I+. The van der Waals surface area contributed by atoms with E-state index in [0.717, 1.165) is 3.42 Å². The Balaban J connectivity index is 2.19. The van der Waals surface area contributed by atoms with E-state index >= 15 is 0 Å².